The van der Waals surface area contributed by atoms with Gasteiger partial charge in [0.15, 0.2) is 0 Å². The fourth-order valence-corrected chi connectivity index (χ4v) is 2.73. The van der Waals surface area contributed by atoms with Gasteiger partial charge in [-0.1, -0.05) is 0 Å². The number of carbonyl (C=O) groups excluding carboxylic acids is 3. The summed E-state index contributed by atoms with van der Waals surface area (Å²) in [5.74, 6) is 1.10. The third kappa shape index (κ3) is 4.68. The number of amides is 1. The number of likely N-dealkylation sites (tertiary alicyclic amines) is 1. The Hall–Kier alpha value is -1.04. The summed E-state index contributed by atoms with van der Waals surface area (Å²) >= 11 is 1.53. The first-order chi connectivity index (χ1) is 8.69. The summed E-state index contributed by atoms with van der Waals surface area (Å²) < 4.78 is 4.53. The predicted molar refractivity (Wildman–Crippen MR) is 69.4 cm³/mol. The van der Waals surface area contributed by atoms with Crippen molar-refractivity contribution < 1.29 is 19.1 Å². The molecule has 1 fully saturated rings. The Kier molecular flexibility index (Phi) is 6.78. The number of rotatable bonds is 8. The zero-order valence-electron chi connectivity index (χ0n) is 10.6. The molecule has 0 aliphatic carbocycles. The van der Waals surface area contributed by atoms with Crippen molar-refractivity contribution in [3.8, 4) is 0 Å². The number of esters is 1. The van der Waals surface area contributed by atoms with Gasteiger partial charge in [0, 0.05) is 13.0 Å². The van der Waals surface area contributed by atoms with Gasteiger partial charge in [0.2, 0.25) is 5.91 Å². The van der Waals surface area contributed by atoms with Gasteiger partial charge in [-0.3, -0.25) is 9.59 Å². The van der Waals surface area contributed by atoms with Gasteiger partial charge in [0.25, 0.3) is 0 Å². The van der Waals surface area contributed by atoms with E-state index in [4.69, 9.17) is 0 Å². The molecular weight excluding hydrogens is 254 g/mol. The molecule has 0 aromatic rings. The van der Waals surface area contributed by atoms with E-state index < -0.39 is 0 Å². The van der Waals surface area contributed by atoms with Crippen molar-refractivity contribution in [1.29, 1.82) is 0 Å². The Morgan fingerprint density at radius 2 is 2.33 bits per heavy atom. The lowest BCUT2D eigenvalue weighted by Gasteiger charge is -2.20. The molecule has 6 heteroatoms. The molecule has 0 aromatic carbocycles. The number of unbranched alkanes of at least 4 members (excludes halogenated alkanes) is 1. The highest BCUT2D eigenvalue weighted by atomic mass is 32.2. The number of nitrogens with zero attached hydrogens (tertiary/aromatic N) is 1. The van der Waals surface area contributed by atoms with Crippen LogP contribution in [0.4, 0.5) is 0 Å². The van der Waals surface area contributed by atoms with Crippen LogP contribution in [-0.4, -0.2) is 54.3 Å². The molecule has 1 saturated heterocycles. The number of aldehydes is 1. The first-order valence-corrected chi connectivity index (χ1v) is 7.24. The molecule has 0 radical (unpaired) electrons. The molecule has 0 N–H and O–H groups in total. The first-order valence-electron chi connectivity index (χ1n) is 6.08. The number of hydrogen-bond acceptors (Lipinski definition) is 5. The minimum atomic E-state index is -0.222. The summed E-state index contributed by atoms with van der Waals surface area (Å²) in [6, 6.07) is -0.222. The largest absolute Gasteiger partial charge is 0.468 e. The zero-order chi connectivity index (χ0) is 13.4. The lowest BCUT2D eigenvalue weighted by atomic mass is 10.2. The van der Waals surface area contributed by atoms with E-state index in [1.54, 1.807) is 4.90 Å². The fraction of sp³-hybridized carbons (Fsp3) is 0.750. The molecule has 1 aliphatic rings. The maximum Gasteiger partial charge on any atom is 0.315 e. The van der Waals surface area contributed by atoms with Crippen LogP contribution in [0.5, 0.6) is 0 Å². The average molecular weight is 273 g/mol. The van der Waals surface area contributed by atoms with E-state index in [1.165, 1.54) is 18.9 Å². The second-order valence-electron chi connectivity index (χ2n) is 4.17. The van der Waals surface area contributed by atoms with Crippen molar-refractivity contribution in [2.45, 2.75) is 31.7 Å². The normalized spacial score (nSPS) is 19.1. The molecule has 0 saturated carbocycles. The summed E-state index contributed by atoms with van der Waals surface area (Å²) in [7, 11) is 1.38. The summed E-state index contributed by atoms with van der Waals surface area (Å²) in [6.45, 7) is 0.640. The van der Waals surface area contributed by atoms with E-state index in [0.29, 0.717) is 25.1 Å². The average Bonchev–Trinajstić information content (AvgIpc) is 2.74. The number of carbonyl (C=O) groups is 3. The van der Waals surface area contributed by atoms with Gasteiger partial charge in [0.1, 0.15) is 6.29 Å². The van der Waals surface area contributed by atoms with Crippen LogP contribution in [0.15, 0.2) is 0 Å². The van der Waals surface area contributed by atoms with Gasteiger partial charge in [-0.05, 0) is 25.0 Å². The highest BCUT2D eigenvalue weighted by Crippen LogP contribution is 2.17. The van der Waals surface area contributed by atoms with E-state index in [2.05, 4.69) is 4.74 Å². The summed E-state index contributed by atoms with van der Waals surface area (Å²) in [4.78, 5) is 34.8. The van der Waals surface area contributed by atoms with E-state index in [0.717, 1.165) is 24.9 Å². The first kappa shape index (κ1) is 15.0. The number of thioether (sulfide) groups is 1. The number of ether oxygens (including phenoxy) is 1. The van der Waals surface area contributed by atoms with Crippen molar-refractivity contribution in [1.82, 2.24) is 4.90 Å². The molecule has 5 nitrogen and oxygen atoms in total. The quantitative estimate of drug-likeness (QED) is 0.373. The number of methoxy groups -OCH3 is 1. The van der Waals surface area contributed by atoms with Crippen molar-refractivity contribution in [2.75, 3.05) is 25.2 Å². The Bertz CT molecular complexity index is 308. The lowest BCUT2D eigenvalue weighted by molar-refractivity contribution is -0.137. The van der Waals surface area contributed by atoms with Crippen molar-refractivity contribution in [2.24, 2.45) is 0 Å². The molecule has 1 amide bonds. The monoisotopic (exact) mass is 273 g/mol. The molecule has 0 spiro atoms. The second kappa shape index (κ2) is 8.13. The second-order valence-corrected chi connectivity index (χ2v) is 5.27. The molecule has 0 aromatic heterocycles. The van der Waals surface area contributed by atoms with E-state index >= 15 is 0 Å². The minimum Gasteiger partial charge on any atom is -0.468 e. The van der Waals surface area contributed by atoms with Crippen molar-refractivity contribution in [3.63, 3.8) is 0 Å². The molecule has 18 heavy (non-hydrogen) atoms. The molecule has 1 rings (SSSR count). The van der Waals surface area contributed by atoms with Gasteiger partial charge < -0.3 is 14.4 Å². The topological polar surface area (TPSA) is 63.7 Å². The van der Waals surface area contributed by atoms with E-state index in [-0.39, 0.29) is 17.9 Å². The highest BCUT2D eigenvalue weighted by Gasteiger charge is 2.29. The zero-order valence-corrected chi connectivity index (χ0v) is 11.4. The van der Waals surface area contributed by atoms with Gasteiger partial charge in [-0.25, -0.2) is 0 Å². The van der Waals surface area contributed by atoms with Crippen LogP contribution in [0.1, 0.15) is 25.7 Å². The van der Waals surface area contributed by atoms with Gasteiger partial charge in [-0.15, -0.1) is 0 Å². The molecular formula is C12H19NO4S. The van der Waals surface area contributed by atoms with Crippen LogP contribution < -0.4 is 0 Å². The van der Waals surface area contributed by atoms with Crippen LogP contribution >= 0.6 is 11.8 Å². The summed E-state index contributed by atoms with van der Waals surface area (Å²) in [6.07, 6.45) is 3.79. The standard InChI is InChI=1S/C12H19NO4S/c1-17-12(16)9-18-7-3-2-6-13-10(8-14)4-5-11(13)15/h8,10H,2-7,9H2,1H3. The smallest absolute Gasteiger partial charge is 0.315 e. The maximum atomic E-state index is 11.5. The molecule has 1 heterocycles. The van der Waals surface area contributed by atoms with Crippen LogP contribution in [0, 0.1) is 0 Å². The third-order valence-corrected chi connectivity index (χ3v) is 3.93. The van der Waals surface area contributed by atoms with E-state index in [9.17, 15) is 14.4 Å². The van der Waals surface area contributed by atoms with Crippen LogP contribution in [0.25, 0.3) is 0 Å². The van der Waals surface area contributed by atoms with Gasteiger partial charge in [-0.2, -0.15) is 11.8 Å². The van der Waals surface area contributed by atoms with Crippen molar-refractivity contribution in [3.05, 3.63) is 0 Å². The van der Waals surface area contributed by atoms with Crippen LogP contribution in [-0.2, 0) is 19.1 Å². The molecule has 1 aliphatic heterocycles. The molecule has 0 bridgehead atoms. The maximum absolute atomic E-state index is 11.5. The van der Waals surface area contributed by atoms with Crippen LogP contribution in [0.2, 0.25) is 0 Å². The lowest BCUT2D eigenvalue weighted by Crippen LogP contribution is -2.34. The predicted octanol–water partition coefficient (Wildman–Crippen LogP) is 0.863. The SMILES string of the molecule is COC(=O)CSCCCCN1C(=O)CCC1C=O. The fourth-order valence-electron chi connectivity index (χ4n) is 1.89. The summed E-state index contributed by atoms with van der Waals surface area (Å²) in [5.41, 5.74) is 0. The van der Waals surface area contributed by atoms with E-state index in [1.807, 2.05) is 0 Å². The molecule has 1 unspecified atom stereocenters. The third-order valence-electron chi connectivity index (χ3n) is 2.92. The highest BCUT2D eigenvalue weighted by molar-refractivity contribution is 7.99. The van der Waals surface area contributed by atoms with Gasteiger partial charge in [0.05, 0.1) is 18.9 Å². The Labute approximate surface area is 111 Å². The molecule has 1 atom stereocenters. The molecule has 102 valence electrons. The number of hydrogen-bond donors (Lipinski definition) is 0. The Morgan fingerprint density at radius 1 is 1.56 bits per heavy atom. The summed E-state index contributed by atoms with van der Waals surface area (Å²) in [5, 5.41) is 0. The van der Waals surface area contributed by atoms with Crippen molar-refractivity contribution >= 4 is 29.9 Å². The Balaban J connectivity index is 2.08. The Morgan fingerprint density at radius 3 is 3.00 bits per heavy atom. The minimum absolute atomic E-state index is 0.0781. The van der Waals surface area contributed by atoms with Gasteiger partial charge >= 0.3 is 5.97 Å². The van der Waals surface area contributed by atoms with Crippen LogP contribution in [0.3, 0.4) is 0 Å².